The van der Waals surface area contributed by atoms with Crippen molar-refractivity contribution in [3.8, 4) is 45.0 Å². The monoisotopic (exact) mass is 683 g/mol. The first kappa shape index (κ1) is 29.2. The Kier molecular flexibility index (Phi) is 6.30. The van der Waals surface area contributed by atoms with E-state index in [1.807, 2.05) is 11.3 Å². The van der Waals surface area contributed by atoms with E-state index in [-0.39, 0.29) is 0 Å². The van der Waals surface area contributed by atoms with Crippen LogP contribution in [0.3, 0.4) is 0 Å². The van der Waals surface area contributed by atoms with Crippen molar-refractivity contribution in [1.82, 2.24) is 14.5 Å². The zero-order chi connectivity index (χ0) is 34.3. The van der Waals surface area contributed by atoms with Crippen molar-refractivity contribution in [2.45, 2.75) is 0 Å². The number of aryl methyl sites for hydroxylation is 1. The van der Waals surface area contributed by atoms with Crippen molar-refractivity contribution < 1.29 is 4.42 Å². The topological polar surface area (TPSA) is 43.9 Å². The number of hydrogen-bond acceptors (Lipinski definition) is 4. The van der Waals surface area contributed by atoms with E-state index in [1.54, 1.807) is 0 Å². The highest BCUT2D eigenvalue weighted by Crippen LogP contribution is 2.43. The molecule has 0 unspecified atom stereocenters. The zero-order valence-corrected chi connectivity index (χ0v) is 29.0. The van der Waals surface area contributed by atoms with Gasteiger partial charge in [0.1, 0.15) is 11.2 Å². The predicted octanol–water partition coefficient (Wildman–Crippen LogP) is 13.1. The summed E-state index contributed by atoms with van der Waals surface area (Å²) in [5, 5.41) is 7.19. The second-order valence-corrected chi connectivity index (χ2v) is 14.5. The lowest BCUT2D eigenvalue weighted by Gasteiger charge is -2.11. The molecule has 4 nitrogen and oxygen atoms in total. The molecule has 11 rings (SSSR count). The first-order valence-corrected chi connectivity index (χ1v) is 18.3. The molecule has 0 bridgehead atoms. The van der Waals surface area contributed by atoms with Crippen molar-refractivity contribution in [3.05, 3.63) is 158 Å². The van der Waals surface area contributed by atoms with Gasteiger partial charge in [-0.25, -0.2) is 9.97 Å². The van der Waals surface area contributed by atoms with Crippen LogP contribution in [-0.4, -0.2) is 14.5 Å². The number of nitrogens with zero attached hydrogens (tertiary/aromatic N) is 3. The van der Waals surface area contributed by atoms with Crippen LogP contribution in [0.15, 0.2) is 162 Å². The number of rotatable bonds is 4. The summed E-state index contributed by atoms with van der Waals surface area (Å²) in [6.07, 6.45) is 0. The standard InChI is InChI=1S/C47H29N3OS/c1-50-39-16-7-5-14-33(39)34-20-18-31(26-40(34)50)38-27-37(30-13-9-12-29(24-30)28-10-3-2-4-11-28)48-47(49-38)32-19-21-41-36(25-32)45-42(51-41)22-23-44-46(45)35-15-6-8-17-43(35)52-44/h2-27H,1H3. The molecule has 0 aliphatic carbocycles. The molecule has 0 N–H and O–H groups in total. The lowest BCUT2D eigenvalue weighted by molar-refractivity contribution is 0.669. The summed E-state index contributed by atoms with van der Waals surface area (Å²) >= 11 is 1.82. The molecule has 5 heteroatoms. The molecule has 0 spiro atoms. The van der Waals surface area contributed by atoms with Crippen LogP contribution < -0.4 is 0 Å². The van der Waals surface area contributed by atoms with Gasteiger partial charge in [-0.3, -0.25) is 0 Å². The van der Waals surface area contributed by atoms with E-state index in [4.69, 9.17) is 14.4 Å². The molecule has 4 heterocycles. The number of para-hydroxylation sites is 1. The van der Waals surface area contributed by atoms with Crippen molar-refractivity contribution >= 4 is 75.3 Å². The van der Waals surface area contributed by atoms with Gasteiger partial charge in [0, 0.05) is 76.5 Å². The number of furan rings is 1. The fraction of sp³-hybridized carbons (Fsp3) is 0.0213. The Bertz CT molecular complexity index is 3200. The lowest BCUT2D eigenvalue weighted by Crippen LogP contribution is -1.96. The third-order valence-electron chi connectivity index (χ3n) is 10.4. The van der Waals surface area contributed by atoms with Crippen LogP contribution in [0.4, 0.5) is 0 Å². The van der Waals surface area contributed by atoms with Crippen molar-refractivity contribution in [2.75, 3.05) is 0 Å². The second kappa shape index (κ2) is 11.2. The largest absolute Gasteiger partial charge is 0.456 e. The Morgan fingerprint density at radius 2 is 1.13 bits per heavy atom. The van der Waals surface area contributed by atoms with Crippen molar-refractivity contribution in [3.63, 3.8) is 0 Å². The number of thiophene rings is 1. The van der Waals surface area contributed by atoms with E-state index in [1.165, 1.54) is 47.5 Å². The molecular formula is C47H29N3OS. The van der Waals surface area contributed by atoms with E-state index < -0.39 is 0 Å². The molecule has 0 aliphatic rings. The maximum absolute atomic E-state index is 6.45. The highest BCUT2D eigenvalue weighted by molar-refractivity contribution is 7.26. The van der Waals surface area contributed by atoms with Crippen LogP contribution in [0.2, 0.25) is 0 Å². The fourth-order valence-electron chi connectivity index (χ4n) is 7.90. The number of benzene rings is 7. The summed E-state index contributed by atoms with van der Waals surface area (Å²) in [5.41, 5.74) is 11.2. The predicted molar refractivity (Wildman–Crippen MR) is 218 cm³/mol. The molecule has 0 saturated carbocycles. The zero-order valence-electron chi connectivity index (χ0n) is 28.2. The fourth-order valence-corrected chi connectivity index (χ4v) is 9.02. The van der Waals surface area contributed by atoms with E-state index in [0.717, 1.165) is 55.6 Å². The molecule has 0 amide bonds. The Balaban J connectivity index is 1.14. The normalized spacial score (nSPS) is 11.9. The maximum Gasteiger partial charge on any atom is 0.160 e. The molecule has 0 radical (unpaired) electrons. The number of hydrogen-bond donors (Lipinski definition) is 0. The molecule has 0 fully saturated rings. The van der Waals surface area contributed by atoms with Gasteiger partial charge in [0.25, 0.3) is 0 Å². The van der Waals surface area contributed by atoms with E-state index in [2.05, 4.69) is 169 Å². The summed E-state index contributed by atoms with van der Waals surface area (Å²) in [4.78, 5) is 10.6. The summed E-state index contributed by atoms with van der Waals surface area (Å²) < 4.78 is 11.2. The summed E-state index contributed by atoms with van der Waals surface area (Å²) in [6.45, 7) is 0. The first-order valence-electron chi connectivity index (χ1n) is 17.5. The molecular weight excluding hydrogens is 655 g/mol. The van der Waals surface area contributed by atoms with E-state index in [0.29, 0.717) is 5.82 Å². The first-order chi connectivity index (χ1) is 25.7. The Labute approximate surface area is 302 Å². The van der Waals surface area contributed by atoms with Crippen LogP contribution in [0, 0.1) is 0 Å². The van der Waals surface area contributed by atoms with Gasteiger partial charge in [0.2, 0.25) is 0 Å². The van der Waals surface area contributed by atoms with Gasteiger partial charge in [-0.05, 0) is 71.8 Å². The number of fused-ring (bicyclic) bond motifs is 10. The Morgan fingerprint density at radius 1 is 0.442 bits per heavy atom. The Hall–Kier alpha value is -6.56. The summed E-state index contributed by atoms with van der Waals surface area (Å²) in [5.74, 6) is 0.674. The maximum atomic E-state index is 6.45. The van der Waals surface area contributed by atoms with Crippen LogP contribution in [0.1, 0.15) is 0 Å². The van der Waals surface area contributed by atoms with Gasteiger partial charge in [-0.2, -0.15) is 0 Å². The second-order valence-electron chi connectivity index (χ2n) is 13.4. The third kappa shape index (κ3) is 4.46. The molecule has 4 aromatic heterocycles. The van der Waals surface area contributed by atoms with E-state index in [9.17, 15) is 0 Å². The van der Waals surface area contributed by atoms with Crippen LogP contribution >= 0.6 is 11.3 Å². The molecule has 7 aromatic carbocycles. The Morgan fingerprint density at radius 3 is 2.02 bits per heavy atom. The van der Waals surface area contributed by atoms with Crippen LogP contribution in [0.5, 0.6) is 0 Å². The summed E-state index contributed by atoms with van der Waals surface area (Å²) in [7, 11) is 2.14. The molecule has 0 saturated heterocycles. The minimum absolute atomic E-state index is 0.674. The molecule has 0 atom stereocenters. The van der Waals surface area contributed by atoms with Gasteiger partial charge < -0.3 is 8.98 Å². The van der Waals surface area contributed by atoms with Gasteiger partial charge in [0.15, 0.2) is 5.82 Å². The average molecular weight is 684 g/mol. The quantitative estimate of drug-likeness (QED) is 0.185. The van der Waals surface area contributed by atoms with E-state index >= 15 is 0 Å². The SMILES string of the molecule is Cn1c2ccccc2c2ccc(-c3cc(-c4cccc(-c5ccccc5)c4)nc(-c4ccc5oc6ccc7sc8ccccc8c7c6c5c4)n3)cc21. The highest BCUT2D eigenvalue weighted by Gasteiger charge is 2.18. The lowest BCUT2D eigenvalue weighted by atomic mass is 10.00. The van der Waals surface area contributed by atoms with Gasteiger partial charge >= 0.3 is 0 Å². The molecule has 52 heavy (non-hydrogen) atoms. The molecule has 244 valence electrons. The van der Waals surface area contributed by atoms with Crippen LogP contribution in [-0.2, 0) is 7.05 Å². The highest BCUT2D eigenvalue weighted by atomic mass is 32.1. The van der Waals surface area contributed by atoms with Crippen molar-refractivity contribution in [1.29, 1.82) is 0 Å². The minimum atomic E-state index is 0.674. The van der Waals surface area contributed by atoms with Crippen LogP contribution in [0.25, 0.3) is 109 Å². The molecule has 11 aromatic rings. The third-order valence-corrected chi connectivity index (χ3v) is 11.6. The van der Waals surface area contributed by atoms with Gasteiger partial charge in [0.05, 0.1) is 11.4 Å². The number of aromatic nitrogens is 3. The van der Waals surface area contributed by atoms with Gasteiger partial charge in [-0.15, -0.1) is 11.3 Å². The summed E-state index contributed by atoms with van der Waals surface area (Å²) in [6, 6.07) is 55.8. The molecule has 0 aliphatic heterocycles. The average Bonchev–Trinajstić information content (AvgIpc) is 3.87. The van der Waals surface area contributed by atoms with Gasteiger partial charge in [-0.1, -0.05) is 97.1 Å². The van der Waals surface area contributed by atoms with Crippen molar-refractivity contribution in [2.24, 2.45) is 7.05 Å². The minimum Gasteiger partial charge on any atom is -0.456 e. The smallest absolute Gasteiger partial charge is 0.160 e.